The highest BCUT2D eigenvalue weighted by Gasteiger charge is 2.15. The zero-order valence-corrected chi connectivity index (χ0v) is 18.3. The highest BCUT2D eigenvalue weighted by molar-refractivity contribution is 6.30. The third kappa shape index (κ3) is 5.31. The van der Waals surface area contributed by atoms with E-state index >= 15 is 0 Å². The second-order valence-corrected chi connectivity index (χ2v) is 7.52. The zero-order valence-electron chi connectivity index (χ0n) is 17.6. The maximum absolute atomic E-state index is 9.77. The van der Waals surface area contributed by atoms with Gasteiger partial charge in [0.2, 0.25) is 0 Å². The first-order chi connectivity index (χ1) is 15.1. The molecule has 3 rings (SSSR count). The van der Waals surface area contributed by atoms with Crippen molar-refractivity contribution in [3.63, 3.8) is 0 Å². The number of imidazole rings is 1. The number of hydrogen-bond donors (Lipinski definition) is 3. The summed E-state index contributed by atoms with van der Waals surface area (Å²) in [5, 5.41) is 17.0. The lowest BCUT2D eigenvalue weighted by molar-refractivity contribution is 0.271. The lowest BCUT2D eigenvalue weighted by atomic mass is 9.97. The molecule has 7 nitrogen and oxygen atoms in total. The molecule has 31 heavy (non-hydrogen) atoms. The van der Waals surface area contributed by atoms with Gasteiger partial charge in [-0.15, -0.1) is 0 Å². The number of nitrogens with one attached hydrogen (secondary N) is 1. The van der Waals surface area contributed by atoms with Crippen LogP contribution >= 0.6 is 11.6 Å². The molecule has 1 heterocycles. The van der Waals surface area contributed by atoms with Crippen LogP contribution in [0.25, 0.3) is 16.8 Å². The summed E-state index contributed by atoms with van der Waals surface area (Å²) < 4.78 is 2.02. The number of unbranched alkanes of at least 4 members (excludes halogenated alkanes) is 1. The predicted molar refractivity (Wildman–Crippen MR) is 124 cm³/mol. The van der Waals surface area contributed by atoms with E-state index in [1.807, 2.05) is 28.8 Å². The van der Waals surface area contributed by atoms with E-state index in [9.17, 15) is 5.11 Å². The third-order valence-electron chi connectivity index (χ3n) is 5.11. The molecule has 2 aromatic carbocycles. The van der Waals surface area contributed by atoms with E-state index in [0.29, 0.717) is 23.1 Å². The van der Waals surface area contributed by atoms with Gasteiger partial charge in [-0.1, -0.05) is 90.5 Å². The fourth-order valence-corrected chi connectivity index (χ4v) is 3.75. The molecule has 4 N–H and O–H groups in total. The molecule has 162 valence electrons. The number of halogens is 1. The van der Waals surface area contributed by atoms with Crippen LogP contribution in [0.4, 0.5) is 0 Å². The minimum absolute atomic E-state index is 0.140. The van der Waals surface area contributed by atoms with E-state index in [2.05, 4.69) is 58.6 Å². The largest absolute Gasteiger partial charge is 0.390 e. The number of nitrogens with two attached hydrogens (primary N) is 1. The number of nitrogens with zero attached hydrogens (tertiary/aromatic N) is 4. The number of benzene rings is 2. The zero-order chi connectivity index (χ0) is 22.2. The van der Waals surface area contributed by atoms with Crippen LogP contribution in [0.3, 0.4) is 0 Å². The molecule has 1 aromatic heterocycles. The Balaban J connectivity index is 1.87. The number of aromatic nitrogens is 2. The molecule has 0 radical (unpaired) electrons. The average molecular weight is 439 g/mol. The van der Waals surface area contributed by atoms with Gasteiger partial charge in [0.25, 0.3) is 0 Å². The van der Waals surface area contributed by atoms with Crippen LogP contribution < -0.4 is 11.3 Å². The van der Waals surface area contributed by atoms with Gasteiger partial charge in [0, 0.05) is 18.5 Å². The Morgan fingerprint density at radius 2 is 1.97 bits per heavy atom. The molecule has 0 aliphatic carbocycles. The molecule has 0 amide bonds. The van der Waals surface area contributed by atoms with Crippen LogP contribution in [0.15, 0.2) is 65.6 Å². The summed E-state index contributed by atoms with van der Waals surface area (Å²) in [6.45, 7) is 6.61. The highest BCUT2D eigenvalue weighted by Crippen LogP contribution is 2.28. The van der Waals surface area contributed by atoms with Gasteiger partial charge in [-0.25, -0.2) is 4.98 Å². The van der Waals surface area contributed by atoms with E-state index in [1.165, 1.54) is 0 Å². The summed E-state index contributed by atoms with van der Waals surface area (Å²) in [6.07, 6.45) is 2.92. The predicted octanol–water partition coefficient (Wildman–Crippen LogP) is 4.89. The van der Waals surface area contributed by atoms with Gasteiger partial charge in [0.1, 0.15) is 5.82 Å². The fraction of sp³-hybridized carbons (Fsp3) is 0.261. The Bertz CT molecular complexity index is 1060. The minimum Gasteiger partial charge on any atom is -0.390 e. The van der Waals surface area contributed by atoms with Crippen molar-refractivity contribution < 1.29 is 5.11 Å². The molecule has 3 aromatic rings. The normalized spacial score (nSPS) is 11.2. The molecule has 0 aliphatic rings. The van der Waals surface area contributed by atoms with Crippen molar-refractivity contribution in [1.29, 1.82) is 0 Å². The Morgan fingerprint density at radius 3 is 2.65 bits per heavy atom. The quantitative estimate of drug-likeness (QED) is 0.238. The number of rotatable bonds is 10. The SMILES string of the molecule is C=C(N/N=N\N)c1ccccc1-c1ccc(Cn2c(CCCC)nc(Cl)c2CO)cc1. The summed E-state index contributed by atoms with van der Waals surface area (Å²) in [6, 6.07) is 16.2. The Morgan fingerprint density at radius 1 is 1.23 bits per heavy atom. The van der Waals surface area contributed by atoms with Crippen molar-refractivity contribution in [2.75, 3.05) is 0 Å². The molecule has 0 fully saturated rings. The van der Waals surface area contributed by atoms with Crippen LogP contribution in [0, 0.1) is 0 Å². The van der Waals surface area contributed by atoms with E-state index in [-0.39, 0.29) is 6.61 Å². The first-order valence-electron chi connectivity index (χ1n) is 10.2. The van der Waals surface area contributed by atoms with Crippen molar-refractivity contribution in [3.05, 3.63) is 82.9 Å². The summed E-state index contributed by atoms with van der Waals surface area (Å²) >= 11 is 6.26. The molecule has 0 saturated carbocycles. The molecule has 0 aliphatic heterocycles. The van der Waals surface area contributed by atoms with E-state index < -0.39 is 0 Å². The lowest BCUT2D eigenvalue weighted by Gasteiger charge is -2.13. The highest BCUT2D eigenvalue weighted by atomic mass is 35.5. The Hall–Kier alpha value is -3.16. The van der Waals surface area contributed by atoms with Crippen molar-refractivity contribution >= 4 is 17.3 Å². The summed E-state index contributed by atoms with van der Waals surface area (Å²) in [5.41, 5.74) is 8.06. The number of hydrogen-bond acceptors (Lipinski definition) is 4. The summed E-state index contributed by atoms with van der Waals surface area (Å²) in [4.78, 5) is 4.46. The minimum atomic E-state index is -0.140. The Labute approximate surface area is 187 Å². The molecule has 0 bridgehead atoms. The number of aliphatic hydroxyl groups excluding tert-OH is 1. The van der Waals surface area contributed by atoms with Crippen molar-refractivity contribution in [2.45, 2.75) is 39.3 Å². The van der Waals surface area contributed by atoms with Gasteiger partial charge in [-0.2, -0.15) is 0 Å². The molecule has 8 heteroatoms. The van der Waals surface area contributed by atoms with Crippen LogP contribution in [-0.4, -0.2) is 14.7 Å². The van der Waals surface area contributed by atoms with E-state index in [4.69, 9.17) is 17.4 Å². The fourth-order valence-electron chi connectivity index (χ4n) is 3.49. The van der Waals surface area contributed by atoms with E-state index in [0.717, 1.165) is 47.3 Å². The van der Waals surface area contributed by atoms with Crippen LogP contribution in [0.5, 0.6) is 0 Å². The van der Waals surface area contributed by atoms with Crippen LogP contribution in [0.2, 0.25) is 5.15 Å². The van der Waals surface area contributed by atoms with Gasteiger partial charge in [-0.05, 0) is 23.1 Å². The molecule has 0 saturated heterocycles. The van der Waals surface area contributed by atoms with Crippen molar-refractivity contribution in [2.24, 2.45) is 16.3 Å². The van der Waals surface area contributed by atoms with Gasteiger partial charge in [0.05, 0.1) is 18.0 Å². The maximum atomic E-state index is 9.77. The number of aryl methyl sites for hydroxylation is 1. The molecular formula is C23H27ClN6O. The third-order valence-corrected chi connectivity index (χ3v) is 5.41. The van der Waals surface area contributed by atoms with E-state index in [1.54, 1.807) is 0 Å². The van der Waals surface area contributed by atoms with Gasteiger partial charge in [-0.3, -0.25) is 5.43 Å². The van der Waals surface area contributed by atoms with Gasteiger partial charge in [0.15, 0.2) is 5.15 Å². The molecule has 0 atom stereocenters. The smallest absolute Gasteiger partial charge is 0.152 e. The van der Waals surface area contributed by atoms with Crippen LogP contribution in [-0.2, 0) is 19.6 Å². The summed E-state index contributed by atoms with van der Waals surface area (Å²) in [7, 11) is 0. The standard InChI is InChI=1S/C23H27ClN6O/c1-3-4-9-22-26-23(24)21(15-31)30(22)14-17-10-12-18(13-11-17)20-8-6-5-7-19(20)16(2)27-29-28-25/h5-8,10-13,31H,2-4,9,14-15H2,1H3,(H2,25,29)(H,27,28). The lowest BCUT2D eigenvalue weighted by Crippen LogP contribution is -2.09. The van der Waals surface area contributed by atoms with Gasteiger partial charge >= 0.3 is 0 Å². The topological polar surface area (TPSA) is 101 Å². The van der Waals surface area contributed by atoms with Crippen molar-refractivity contribution in [3.8, 4) is 11.1 Å². The first-order valence-corrected chi connectivity index (χ1v) is 10.5. The first kappa shape index (κ1) is 22.5. The second kappa shape index (κ2) is 10.7. The van der Waals surface area contributed by atoms with Crippen molar-refractivity contribution in [1.82, 2.24) is 15.0 Å². The Kier molecular flexibility index (Phi) is 7.81. The number of aliphatic hydroxyl groups is 1. The maximum Gasteiger partial charge on any atom is 0.152 e. The second-order valence-electron chi connectivity index (χ2n) is 7.16. The summed E-state index contributed by atoms with van der Waals surface area (Å²) in [5.74, 6) is 5.97. The van der Waals surface area contributed by atoms with Crippen LogP contribution in [0.1, 0.15) is 42.4 Å². The monoisotopic (exact) mass is 438 g/mol. The average Bonchev–Trinajstić information content (AvgIpc) is 3.10. The van der Waals surface area contributed by atoms with Gasteiger partial charge < -0.3 is 15.5 Å². The molecule has 0 spiro atoms. The molecular weight excluding hydrogens is 412 g/mol. The molecule has 0 unspecified atom stereocenters.